The summed E-state index contributed by atoms with van der Waals surface area (Å²) in [6, 6.07) is 16.3. The van der Waals surface area contributed by atoms with Gasteiger partial charge in [0.25, 0.3) is 0 Å². The molecular weight excluding hydrogens is 578 g/mol. The first-order chi connectivity index (χ1) is 19.2. The minimum Gasteiger partial charge on any atom is -0.385 e. The van der Waals surface area contributed by atoms with Gasteiger partial charge in [-0.1, -0.05) is 67.1 Å². The van der Waals surface area contributed by atoms with Crippen molar-refractivity contribution in [3.8, 4) is 0 Å². The number of fused-ring (bicyclic) bond motifs is 2. The molecule has 2 heterocycles. The monoisotopic (exact) mass is 614 g/mol. The van der Waals surface area contributed by atoms with Crippen LogP contribution in [0.25, 0.3) is 0 Å². The molecule has 1 saturated heterocycles. The standard InChI is InChI=1S/C26H21Cl2FN2O2.C6H16OSi/c1-14-6-8-18(29)12-19(14)24-26(20-9-7-17(28)11-22(20)30-25(26)33)21(13-23(32)31(24)2)15-4-3-5-16(27)10-15;1-6(7-2)8(3,4)5/h3-12,21,24H,13H2,1-2H3,(H,30,33);6H,1-5H3. The van der Waals surface area contributed by atoms with Crippen LogP contribution < -0.4 is 5.32 Å². The van der Waals surface area contributed by atoms with Gasteiger partial charge < -0.3 is 15.0 Å². The molecule has 218 valence electrons. The fourth-order valence-electron chi connectivity index (χ4n) is 5.88. The predicted octanol–water partition coefficient (Wildman–Crippen LogP) is 7.92. The Bertz CT molecular complexity index is 1480. The Hall–Kier alpha value is -2.71. The van der Waals surface area contributed by atoms with Crippen molar-refractivity contribution in [3.05, 3.63) is 98.8 Å². The smallest absolute Gasteiger partial charge is 0.238 e. The van der Waals surface area contributed by atoms with Crippen LogP contribution in [0.4, 0.5) is 10.1 Å². The molecule has 9 heteroatoms. The van der Waals surface area contributed by atoms with Gasteiger partial charge in [0.2, 0.25) is 11.8 Å². The lowest BCUT2D eigenvalue weighted by Gasteiger charge is -2.50. The fourth-order valence-corrected chi connectivity index (χ4v) is 6.96. The molecule has 4 atom stereocenters. The van der Waals surface area contributed by atoms with E-state index in [0.29, 0.717) is 27.0 Å². The summed E-state index contributed by atoms with van der Waals surface area (Å²) >= 11 is 12.6. The summed E-state index contributed by atoms with van der Waals surface area (Å²) in [6.45, 7) is 10.9. The Labute approximate surface area is 253 Å². The van der Waals surface area contributed by atoms with Gasteiger partial charge in [0, 0.05) is 48.0 Å². The number of hydrogen-bond donors (Lipinski definition) is 1. The van der Waals surface area contributed by atoms with Crippen molar-refractivity contribution in [2.24, 2.45) is 0 Å². The lowest BCUT2D eigenvalue weighted by atomic mass is 9.58. The third-order valence-corrected chi connectivity index (χ3v) is 11.7. The second-order valence-electron chi connectivity index (χ2n) is 12.0. The molecule has 0 bridgehead atoms. The highest BCUT2D eigenvalue weighted by molar-refractivity contribution is 6.77. The van der Waals surface area contributed by atoms with Crippen molar-refractivity contribution >= 4 is 48.8 Å². The second kappa shape index (κ2) is 11.9. The first kappa shape index (κ1) is 31.2. The van der Waals surface area contributed by atoms with E-state index in [4.69, 9.17) is 27.9 Å². The SMILES string of the molecule is COC(C)[Si](C)(C)C.Cc1ccc(F)cc1C1N(C)C(=O)CC(c2cccc(Cl)c2)C12C(=O)Nc1cc(Cl)ccc12. The second-order valence-corrected chi connectivity index (χ2v) is 18.4. The van der Waals surface area contributed by atoms with E-state index < -0.39 is 31.3 Å². The highest BCUT2D eigenvalue weighted by atomic mass is 35.5. The van der Waals surface area contributed by atoms with Gasteiger partial charge in [-0.05, 0) is 72.5 Å². The Balaban J connectivity index is 0.000000426. The van der Waals surface area contributed by atoms with Crippen LogP contribution in [-0.2, 0) is 19.7 Å². The average Bonchev–Trinajstić information content (AvgIpc) is 3.18. The zero-order valence-corrected chi connectivity index (χ0v) is 27.0. The van der Waals surface area contributed by atoms with Crippen molar-refractivity contribution in [1.29, 1.82) is 0 Å². The maximum atomic E-state index is 14.5. The number of nitrogens with one attached hydrogen (secondary N) is 1. The van der Waals surface area contributed by atoms with Crippen molar-refractivity contribution in [1.82, 2.24) is 4.90 Å². The molecule has 0 aromatic heterocycles. The Kier molecular flexibility index (Phi) is 9.05. The number of methoxy groups -OCH3 is 1. The first-order valence-corrected chi connectivity index (χ1v) is 18.0. The number of carbonyl (C=O) groups is 2. The molecule has 0 radical (unpaired) electrons. The van der Waals surface area contributed by atoms with E-state index >= 15 is 0 Å². The molecule has 2 amide bonds. The molecule has 4 unspecified atom stereocenters. The Morgan fingerprint density at radius 1 is 1.05 bits per heavy atom. The van der Waals surface area contributed by atoms with E-state index in [1.807, 2.05) is 25.1 Å². The van der Waals surface area contributed by atoms with Gasteiger partial charge in [-0.3, -0.25) is 9.59 Å². The summed E-state index contributed by atoms with van der Waals surface area (Å²) in [5.41, 5.74) is 2.78. The van der Waals surface area contributed by atoms with Crippen LogP contribution in [0.15, 0.2) is 60.7 Å². The van der Waals surface area contributed by atoms with E-state index in [0.717, 1.165) is 16.7 Å². The fraction of sp³-hybridized carbons (Fsp3) is 0.375. The summed E-state index contributed by atoms with van der Waals surface area (Å²) in [5.74, 6) is -1.33. The number of piperidine rings is 1. The van der Waals surface area contributed by atoms with E-state index in [1.54, 1.807) is 49.4 Å². The summed E-state index contributed by atoms with van der Waals surface area (Å²) in [6.07, 6.45) is 0.108. The van der Waals surface area contributed by atoms with Crippen LogP contribution in [0, 0.1) is 12.7 Å². The quantitative estimate of drug-likeness (QED) is 0.304. The van der Waals surface area contributed by atoms with Crippen LogP contribution in [0.5, 0.6) is 0 Å². The molecule has 1 N–H and O–H groups in total. The largest absolute Gasteiger partial charge is 0.385 e. The number of aryl methyl sites for hydroxylation is 1. The molecule has 41 heavy (non-hydrogen) atoms. The number of hydrogen-bond acceptors (Lipinski definition) is 3. The van der Waals surface area contributed by atoms with Gasteiger partial charge in [0.15, 0.2) is 0 Å². The van der Waals surface area contributed by atoms with Gasteiger partial charge in [0.1, 0.15) is 11.2 Å². The van der Waals surface area contributed by atoms with Crippen LogP contribution in [-0.4, -0.2) is 44.7 Å². The molecular formula is C32H37Cl2FN2O3Si. The van der Waals surface area contributed by atoms with Crippen molar-refractivity contribution < 1.29 is 18.7 Å². The predicted molar refractivity (Wildman–Crippen MR) is 167 cm³/mol. The number of likely N-dealkylation sites (N-methyl/N-ethyl adjacent to an activating group) is 1. The molecule has 0 saturated carbocycles. The number of nitrogens with zero attached hydrogens (tertiary/aromatic N) is 1. The van der Waals surface area contributed by atoms with Gasteiger partial charge in [-0.2, -0.15) is 0 Å². The van der Waals surface area contributed by atoms with Gasteiger partial charge in [-0.15, -0.1) is 0 Å². The Morgan fingerprint density at radius 2 is 1.73 bits per heavy atom. The number of anilines is 1. The molecule has 1 spiro atoms. The van der Waals surface area contributed by atoms with Crippen molar-refractivity contribution in [2.45, 2.75) is 63.0 Å². The third-order valence-electron chi connectivity index (χ3n) is 8.55. The maximum Gasteiger partial charge on any atom is 0.238 e. The zero-order chi connectivity index (χ0) is 30.3. The van der Waals surface area contributed by atoms with Gasteiger partial charge in [0.05, 0.1) is 14.1 Å². The summed E-state index contributed by atoms with van der Waals surface area (Å²) < 4.78 is 19.7. The van der Waals surface area contributed by atoms with E-state index in [-0.39, 0.29) is 18.2 Å². The van der Waals surface area contributed by atoms with E-state index in [1.165, 1.54) is 12.1 Å². The van der Waals surface area contributed by atoms with Gasteiger partial charge >= 0.3 is 0 Å². The molecule has 2 aliphatic heterocycles. The number of amides is 2. The highest BCUT2D eigenvalue weighted by Gasteiger charge is 2.63. The van der Waals surface area contributed by atoms with Crippen LogP contribution in [0.1, 0.15) is 47.6 Å². The number of rotatable bonds is 4. The molecule has 1 fully saturated rings. The maximum absolute atomic E-state index is 14.5. The molecule has 3 aromatic rings. The lowest BCUT2D eigenvalue weighted by Crippen LogP contribution is -2.57. The zero-order valence-electron chi connectivity index (χ0n) is 24.5. The highest BCUT2D eigenvalue weighted by Crippen LogP contribution is 2.60. The number of likely N-dealkylation sites (tertiary alicyclic amines) is 1. The first-order valence-electron chi connectivity index (χ1n) is 13.6. The van der Waals surface area contributed by atoms with Crippen molar-refractivity contribution in [3.63, 3.8) is 0 Å². The molecule has 0 aliphatic carbocycles. The minimum atomic E-state index is -1.20. The number of benzene rings is 3. The van der Waals surface area contributed by atoms with Crippen LogP contribution in [0.2, 0.25) is 29.7 Å². The lowest BCUT2D eigenvalue weighted by molar-refractivity contribution is -0.143. The van der Waals surface area contributed by atoms with Crippen LogP contribution in [0.3, 0.4) is 0 Å². The molecule has 3 aromatic carbocycles. The summed E-state index contributed by atoms with van der Waals surface area (Å²) in [5, 5.41) is 4.00. The third kappa shape index (κ3) is 5.82. The Morgan fingerprint density at radius 3 is 2.34 bits per heavy atom. The molecule has 5 rings (SSSR count). The summed E-state index contributed by atoms with van der Waals surface area (Å²) in [4.78, 5) is 28.9. The van der Waals surface area contributed by atoms with Crippen LogP contribution >= 0.6 is 23.2 Å². The number of ether oxygens (including phenoxy) is 1. The topological polar surface area (TPSA) is 58.6 Å². The molecule has 2 aliphatic rings. The number of halogens is 3. The molecule has 5 nitrogen and oxygen atoms in total. The minimum absolute atomic E-state index is 0.108. The van der Waals surface area contributed by atoms with Crippen molar-refractivity contribution in [2.75, 3.05) is 19.5 Å². The normalized spacial score (nSPS) is 22.6. The van der Waals surface area contributed by atoms with E-state index in [2.05, 4.69) is 31.9 Å². The van der Waals surface area contributed by atoms with Gasteiger partial charge in [-0.25, -0.2) is 4.39 Å². The van der Waals surface area contributed by atoms with E-state index in [9.17, 15) is 14.0 Å². The summed E-state index contributed by atoms with van der Waals surface area (Å²) in [7, 11) is 2.47. The average molecular weight is 616 g/mol. The number of carbonyl (C=O) groups excluding carboxylic acids is 2.